The lowest BCUT2D eigenvalue weighted by atomic mass is 10.0. The number of anilines is 6. The molecule has 0 spiro atoms. The van der Waals surface area contributed by atoms with Crippen molar-refractivity contribution in [3.05, 3.63) is 165 Å². The zero-order valence-corrected chi connectivity index (χ0v) is 72.7. The van der Waals surface area contributed by atoms with E-state index >= 15 is 0 Å². The van der Waals surface area contributed by atoms with Crippen LogP contribution >= 0.6 is 0 Å². The number of aryl methyl sites for hydroxylation is 3. The second-order valence-corrected chi connectivity index (χ2v) is 32.9. The summed E-state index contributed by atoms with van der Waals surface area (Å²) in [6, 6.07) is 39.0. The zero-order chi connectivity index (χ0) is 83.9. The molecule has 638 valence electrons. The third-order valence-corrected chi connectivity index (χ3v) is 24.3. The normalized spacial score (nSPS) is 18.7. The van der Waals surface area contributed by atoms with Crippen LogP contribution in [-0.4, -0.2) is 255 Å². The standard InChI is InChI=1S/C33H43N7O3.C32H41N7O2.C29H36N6O2/c1-23-19-39(20-24(2)43-23)27-9-12-38(22-27)10-6-11-40(28-13-29(41-4)16-30(14-28)42-5)26-7-8-31-32(15-26)36-33(18-34-31)25-17-35-37(3)21-25;1-36-22-24(20-34-36)32-21-33-30-9-8-25(18-31(30)35-32)39(27-16-28(40-2)19-29(17-27)41-3)14-7-11-37-15-10-26(23-37)38-12-5-4-6-13-38;1-21-8-5-6-11-34(21)12-7-13-35(24-14-25(36-3)17-26(15-24)37-4)23-9-10-27-28(16-23)32-29(19-30-27)22-18-31-33(2)20-22/h7-8,13-18,21,23-24,27H,6,9-12,19-20,22H2,1-5H3;8-9,16-22,26H,4-7,10-15,23H2,1-3H3;9-10,14-21H,5-8,11-13H2,1-4H3/t23-,24-,27?;;/m1../s1. The van der Waals surface area contributed by atoms with Crippen LogP contribution in [0.1, 0.15) is 91.4 Å². The first-order valence-electron chi connectivity index (χ1n) is 43.1. The van der Waals surface area contributed by atoms with E-state index in [4.69, 9.17) is 48.1 Å². The first-order valence-corrected chi connectivity index (χ1v) is 43.1. The number of hydrogen-bond acceptors (Lipinski definition) is 24. The lowest BCUT2D eigenvalue weighted by Gasteiger charge is -2.39. The van der Waals surface area contributed by atoms with Gasteiger partial charge in [0.2, 0.25) is 0 Å². The number of methoxy groups -OCH3 is 6. The summed E-state index contributed by atoms with van der Waals surface area (Å²) in [5, 5.41) is 12.9. The Morgan fingerprint density at radius 3 is 1.06 bits per heavy atom. The number of ether oxygens (including phenoxy) is 7. The van der Waals surface area contributed by atoms with E-state index in [-0.39, 0.29) is 0 Å². The number of hydrogen-bond donors (Lipinski definition) is 0. The van der Waals surface area contributed by atoms with Crippen molar-refractivity contribution in [2.45, 2.75) is 122 Å². The summed E-state index contributed by atoms with van der Waals surface area (Å²) in [6.45, 7) is 22.9. The van der Waals surface area contributed by atoms with Crippen molar-refractivity contribution >= 4 is 67.2 Å². The van der Waals surface area contributed by atoms with Gasteiger partial charge in [0.25, 0.3) is 0 Å². The summed E-state index contributed by atoms with van der Waals surface area (Å²) >= 11 is 0. The Morgan fingerprint density at radius 1 is 0.355 bits per heavy atom. The minimum absolute atomic E-state index is 0.304. The van der Waals surface area contributed by atoms with Gasteiger partial charge < -0.3 is 62.6 Å². The summed E-state index contributed by atoms with van der Waals surface area (Å²) in [6.07, 6.45) is 31.0. The summed E-state index contributed by atoms with van der Waals surface area (Å²) in [5.74, 6) is 4.60. The fourth-order valence-corrected chi connectivity index (χ4v) is 17.9. The highest BCUT2D eigenvalue weighted by Crippen LogP contribution is 2.40. The molecular weight excluding hydrogens is 1520 g/mol. The van der Waals surface area contributed by atoms with Crippen LogP contribution < -0.4 is 43.1 Å². The molecule has 12 aromatic rings. The molecule has 5 aliphatic rings. The van der Waals surface area contributed by atoms with E-state index in [0.717, 1.165) is 226 Å². The van der Waals surface area contributed by atoms with Crippen molar-refractivity contribution in [2.75, 3.05) is 156 Å². The minimum Gasteiger partial charge on any atom is -0.497 e. The molecule has 17 rings (SSSR count). The predicted octanol–water partition coefficient (Wildman–Crippen LogP) is 15.3. The van der Waals surface area contributed by atoms with E-state index in [9.17, 15) is 0 Å². The van der Waals surface area contributed by atoms with Crippen molar-refractivity contribution in [3.63, 3.8) is 0 Å². The molecule has 0 saturated carbocycles. The number of rotatable bonds is 29. The predicted molar refractivity (Wildman–Crippen MR) is 480 cm³/mol. The van der Waals surface area contributed by atoms with Crippen molar-refractivity contribution in [1.29, 1.82) is 0 Å². The lowest BCUT2D eigenvalue weighted by molar-refractivity contribution is -0.0790. The Balaban J connectivity index is 0.000000142. The highest BCUT2D eigenvalue weighted by Gasteiger charge is 2.34. The average Bonchev–Trinajstić information content (AvgIpc) is 1.58. The van der Waals surface area contributed by atoms with E-state index in [1.165, 1.54) is 84.1 Å². The Bertz CT molecular complexity index is 5330. The molecule has 6 aromatic heterocycles. The lowest BCUT2D eigenvalue weighted by Crippen LogP contribution is -2.50. The molecule has 0 amide bonds. The van der Waals surface area contributed by atoms with E-state index in [0.29, 0.717) is 24.3 Å². The molecule has 5 saturated heterocycles. The van der Waals surface area contributed by atoms with E-state index < -0.39 is 0 Å². The van der Waals surface area contributed by atoms with Gasteiger partial charge in [-0.1, -0.05) is 12.8 Å². The maximum Gasteiger partial charge on any atom is 0.124 e. The van der Waals surface area contributed by atoms with Gasteiger partial charge >= 0.3 is 0 Å². The van der Waals surface area contributed by atoms with E-state index in [1.54, 1.807) is 56.7 Å². The van der Waals surface area contributed by atoms with Gasteiger partial charge in [-0.3, -0.25) is 38.8 Å². The third kappa shape index (κ3) is 21.5. The summed E-state index contributed by atoms with van der Waals surface area (Å²) in [5.41, 5.74) is 16.7. The molecule has 27 nitrogen and oxygen atoms in total. The Hall–Kier alpha value is -11.1. The van der Waals surface area contributed by atoms with Crippen LogP contribution in [0, 0.1) is 0 Å². The summed E-state index contributed by atoms with van der Waals surface area (Å²) in [7, 11) is 15.9. The second kappa shape index (κ2) is 40.1. The number of fused-ring (bicyclic) bond motifs is 3. The molecule has 121 heavy (non-hydrogen) atoms. The van der Waals surface area contributed by atoms with Crippen molar-refractivity contribution < 1.29 is 33.2 Å². The van der Waals surface area contributed by atoms with Gasteiger partial charge in [0.05, 0.1) is 142 Å². The molecule has 11 heterocycles. The average molecular weight is 1640 g/mol. The first-order chi connectivity index (χ1) is 59.0. The smallest absolute Gasteiger partial charge is 0.124 e. The van der Waals surface area contributed by atoms with Crippen LogP contribution in [-0.2, 0) is 25.9 Å². The Morgan fingerprint density at radius 2 is 0.711 bits per heavy atom. The molecular formula is C94H120N20O7. The van der Waals surface area contributed by atoms with Gasteiger partial charge in [-0.15, -0.1) is 0 Å². The van der Waals surface area contributed by atoms with Crippen LogP contribution in [0.25, 0.3) is 66.9 Å². The largest absolute Gasteiger partial charge is 0.497 e. The maximum atomic E-state index is 5.98. The number of aromatic nitrogens is 12. The summed E-state index contributed by atoms with van der Waals surface area (Å²) < 4.78 is 45.0. The van der Waals surface area contributed by atoms with Crippen molar-refractivity contribution in [2.24, 2.45) is 21.1 Å². The van der Waals surface area contributed by atoms with Crippen LogP contribution in [0.4, 0.5) is 34.1 Å². The second-order valence-electron chi connectivity index (χ2n) is 32.9. The minimum atomic E-state index is 0.304. The maximum absolute atomic E-state index is 5.98. The highest BCUT2D eigenvalue weighted by molar-refractivity contribution is 5.86. The van der Waals surface area contributed by atoms with Crippen LogP contribution in [0.5, 0.6) is 34.5 Å². The molecule has 5 atom stereocenters. The molecule has 0 N–H and O–H groups in total. The van der Waals surface area contributed by atoms with E-state index in [2.05, 4.69) is 169 Å². The quantitative estimate of drug-likeness (QED) is 0.0425. The highest BCUT2D eigenvalue weighted by atomic mass is 16.5. The summed E-state index contributed by atoms with van der Waals surface area (Å²) in [4.78, 5) is 49.1. The topological polar surface area (TPSA) is 221 Å². The zero-order valence-electron chi connectivity index (χ0n) is 72.7. The van der Waals surface area contributed by atoms with Gasteiger partial charge in [-0.25, -0.2) is 15.0 Å². The monoisotopic (exact) mass is 1640 g/mol. The fraction of sp³-hybridized carbons (Fsp3) is 0.457. The SMILES string of the molecule is COc1cc(OC)cc(N(CCCN2CCC(N3CCCCC3)C2)c2ccc3ncc(-c4cnn(C)c4)nc3c2)c1.COc1cc(OC)cc(N(CCCN2CCC(N3C[C@@H](C)O[C@H](C)C3)C2)c2ccc3ncc(-c4cnn(C)c4)nc3c2)c1.COc1cc(OC)cc(N(CCCN2CCCCC2C)c2ccc3ncc(-c4cnn(C)c4)nc3c2)c1. The molecule has 3 unspecified atom stereocenters. The number of piperidine rings is 2. The number of benzene rings is 6. The van der Waals surface area contributed by atoms with Crippen LogP contribution in [0.15, 0.2) is 165 Å². The van der Waals surface area contributed by atoms with Crippen LogP contribution in [0.2, 0.25) is 0 Å². The van der Waals surface area contributed by atoms with Gasteiger partial charge in [0.15, 0.2) is 0 Å². The Kier molecular flexibility index (Phi) is 28.1. The molecule has 0 aliphatic carbocycles. The molecule has 6 aromatic carbocycles. The van der Waals surface area contributed by atoms with Crippen molar-refractivity contribution in [1.82, 2.24) is 83.7 Å². The first kappa shape index (κ1) is 84.9. The number of likely N-dealkylation sites (tertiary alicyclic amines) is 4. The van der Waals surface area contributed by atoms with E-state index in [1.807, 2.05) is 107 Å². The molecule has 0 bridgehead atoms. The molecule has 27 heteroatoms. The van der Waals surface area contributed by atoms with Crippen LogP contribution in [0.3, 0.4) is 0 Å². The van der Waals surface area contributed by atoms with Crippen molar-refractivity contribution in [3.8, 4) is 68.3 Å². The van der Waals surface area contributed by atoms with Gasteiger partial charge in [-0.2, -0.15) is 15.3 Å². The fourth-order valence-electron chi connectivity index (χ4n) is 17.9. The number of morpholine rings is 1. The van der Waals surface area contributed by atoms with Gasteiger partial charge in [0, 0.05) is 216 Å². The molecule has 0 radical (unpaired) electrons. The van der Waals surface area contributed by atoms with Gasteiger partial charge in [-0.05, 0) is 179 Å². The number of nitrogens with zero attached hydrogens (tertiary/aromatic N) is 20. The molecule has 5 aliphatic heterocycles. The third-order valence-electron chi connectivity index (χ3n) is 24.3. The Labute approximate surface area is 712 Å². The molecule has 5 fully saturated rings. The van der Waals surface area contributed by atoms with Gasteiger partial charge in [0.1, 0.15) is 34.5 Å².